The lowest BCUT2D eigenvalue weighted by atomic mass is 9.80. The van der Waals surface area contributed by atoms with Gasteiger partial charge in [-0.2, -0.15) is 5.26 Å². The molecule has 3 aromatic rings. The number of hydrogen-bond acceptors (Lipinski definition) is 5. The zero-order chi connectivity index (χ0) is 27.9. The van der Waals surface area contributed by atoms with E-state index in [2.05, 4.69) is 41.1 Å². The van der Waals surface area contributed by atoms with Gasteiger partial charge in [0, 0.05) is 34.2 Å². The molecule has 2 heterocycles. The number of halogens is 1. The summed E-state index contributed by atoms with van der Waals surface area (Å²) in [6.07, 6.45) is 2.46. The van der Waals surface area contributed by atoms with Gasteiger partial charge in [-0.25, -0.2) is 4.39 Å². The van der Waals surface area contributed by atoms with Gasteiger partial charge in [-0.3, -0.25) is 13.9 Å². The number of nitriles is 1. The van der Waals surface area contributed by atoms with Gasteiger partial charge in [-0.05, 0) is 80.3 Å². The van der Waals surface area contributed by atoms with Gasteiger partial charge in [-0.15, -0.1) is 11.3 Å². The summed E-state index contributed by atoms with van der Waals surface area (Å²) in [6, 6.07) is 14.6. The van der Waals surface area contributed by atoms with Crippen molar-refractivity contribution in [3.8, 4) is 6.07 Å². The Labute approximate surface area is 235 Å². The Kier molecular flexibility index (Phi) is 7.60. The number of carbonyl (C=O) groups excluding carboxylic acids is 1. The minimum atomic E-state index is -1.11. The average molecular weight is 562 g/mol. The fraction of sp³-hybridized carbons (Fsp3) is 0.355. The van der Waals surface area contributed by atoms with Crippen LogP contribution in [0.2, 0.25) is 0 Å². The molecular weight excluding hydrogens is 529 g/mol. The normalized spacial score (nSPS) is 17.7. The summed E-state index contributed by atoms with van der Waals surface area (Å²) in [5.74, 6) is -0.829. The van der Waals surface area contributed by atoms with Crippen molar-refractivity contribution in [1.82, 2.24) is 4.90 Å². The van der Waals surface area contributed by atoms with E-state index >= 15 is 0 Å². The first-order valence-electron chi connectivity index (χ1n) is 13.1. The van der Waals surface area contributed by atoms with Crippen molar-refractivity contribution in [3.05, 3.63) is 98.0 Å². The molecule has 1 amide bonds. The number of carbonyl (C=O) groups is 1. The lowest BCUT2D eigenvalue weighted by Crippen LogP contribution is -2.28. The van der Waals surface area contributed by atoms with E-state index in [9.17, 15) is 18.7 Å². The van der Waals surface area contributed by atoms with Crippen LogP contribution in [0.25, 0.3) is 0 Å². The lowest BCUT2D eigenvalue weighted by Gasteiger charge is -2.25. The molecule has 1 aliphatic carbocycles. The monoisotopic (exact) mass is 561 g/mol. The Morgan fingerprint density at radius 1 is 1.21 bits per heavy atom. The highest BCUT2D eigenvalue weighted by molar-refractivity contribution is 7.90. The van der Waals surface area contributed by atoms with Crippen molar-refractivity contribution in [1.29, 1.82) is 5.26 Å². The third-order valence-electron chi connectivity index (χ3n) is 7.47. The molecule has 2 atom stereocenters. The summed E-state index contributed by atoms with van der Waals surface area (Å²) in [5.41, 5.74) is 5.42. The molecule has 39 heavy (non-hydrogen) atoms. The number of nitrogens with one attached hydrogen (secondary N) is 1. The molecule has 1 aromatic heterocycles. The number of nitrogens with zero attached hydrogens (tertiary/aromatic N) is 2. The largest absolute Gasteiger partial charge is 0.312 e. The summed E-state index contributed by atoms with van der Waals surface area (Å²) in [6.45, 7) is 12.3. The van der Waals surface area contributed by atoms with E-state index in [4.69, 9.17) is 0 Å². The Morgan fingerprint density at radius 3 is 2.69 bits per heavy atom. The number of fused-ring (bicyclic) bond motifs is 2. The summed E-state index contributed by atoms with van der Waals surface area (Å²) in [5, 5.41) is 13.2. The van der Waals surface area contributed by atoms with E-state index in [0.29, 0.717) is 23.0 Å². The van der Waals surface area contributed by atoms with Gasteiger partial charge in [0.2, 0.25) is 0 Å². The fourth-order valence-electron chi connectivity index (χ4n) is 5.62. The van der Waals surface area contributed by atoms with Crippen molar-refractivity contribution < 1.29 is 13.4 Å². The Hall–Kier alpha value is -3.12. The summed E-state index contributed by atoms with van der Waals surface area (Å²) >= 11 is 1.43. The van der Waals surface area contributed by atoms with Gasteiger partial charge >= 0.3 is 0 Å². The molecule has 5 rings (SSSR count). The van der Waals surface area contributed by atoms with E-state index < -0.39 is 22.5 Å². The summed E-state index contributed by atoms with van der Waals surface area (Å²) < 4.78 is 26.6. The molecule has 0 fully saturated rings. The lowest BCUT2D eigenvalue weighted by molar-refractivity contribution is 0.102. The second-order valence-electron chi connectivity index (χ2n) is 11.2. The van der Waals surface area contributed by atoms with E-state index in [-0.39, 0.29) is 10.3 Å². The molecule has 202 valence electrons. The average Bonchev–Trinajstić information content (AvgIpc) is 3.47. The van der Waals surface area contributed by atoms with Gasteiger partial charge in [0.05, 0.1) is 21.9 Å². The second kappa shape index (κ2) is 10.8. The highest BCUT2D eigenvalue weighted by Crippen LogP contribution is 2.44. The van der Waals surface area contributed by atoms with Crippen LogP contribution in [0.4, 0.5) is 9.39 Å². The van der Waals surface area contributed by atoms with Gasteiger partial charge < -0.3 is 5.32 Å². The molecule has 1 N–H and O–H groups in total. The number of thiophene rings is 1. The summed E-state index contributed by atoms with van der Waals surface area (Å²) in [4.78, 5) is 16.9. The molecule has 2 unspecified atom stereocenters. The van der Waals surface area contributed by atoms with Gasteiger partial charge in [0.1, 0.15) is 16.9 Å². The first-order valence-corrected chi connectivity index (χ1v) is 15.1. The molecule has 0 bridgehead atoms. The quantitative estimate of drug-likeness (QED) is 0.365. The smallest absolute Gasteiger partial charge is 0.259 e. The molecule has 2 aliphatic rings. The maximum Gasteiger partial charge on any atom is 0.259 e. The summed E-state index contributed by atoms with van der Waals surface area (Å²) in [7, 11) is -1.11. The maximum absolute atomic E-state index is 14.1. The van der Waals surface area contributed by atoms with E-state index in [0.717, 1.165) is 47.7 Å². The molecular formula is C31H32FN3O2S2. The molecule has 0 saturated heterocycles. The fourth-order valence-corrected chi connectivity index (χ4v) is 8.06. The maximum atomic E-state index is 14.1. The van der Waals surface area contributed by atoms with Crippen LogP contribution >= 0.6 is 11.3 Å². The Morgan fingerprint density at radius 2 is 1.97 bits per heavy atom. The third-order valence-corrected chi connectivity index (χ3v) is 10.4. The topological polar surface area (TPSA) is 73.2 Å². The number of benzene rings is 2. The Bertz CT molecular complexity index is 1530. The highest BCUT2D eigenvalue weighted by atomic mass is 32.2. The predicted octanol–water partition coefficient (Wildman–Crippen LogP) is 6.66. The minimum Gasteiger partial charge on any atom is -0.312 e. The van der Waals surface area contributed by atoms with Crippen molar-refractivity contribution in [2.75, 3.05) is 11.9 Å². The standard InChI is InChI=1S/C31H32FN3O2S2/c1-19(39(37)31(2,3)4)16-35-17-21-8-7-10-22(26(21)18-35)20-12-13-23-25(15-33)30(38-28(23)14-20)34-29(36)24-9-5-6-11-27(24)32/h5-11,20H,1,12-14,16-18H2,2-4H3,(H,34,36). The van der Waals surface area contributed by atoms with Crippen molar-refractivity contribution in [2.24, 2.45) is 0 Å². The zero-order valence-electron chi connectivity index (χ0n) is 22.5. The van der Waals surface area contributed by atoms with Crippen LogP contribution in [0, 0.1) is 17.1 Å². The van der Waals surface area contributed by atoms with Gasteiger partial charge in [0.25, 0.3) is 5.91 Å². The highest BCUT2D eigenvalue weighted by Gasteiger charge is 2.32. The molecule has 1 aliphatic heterocycles. The zero-order valence-corrected chi connectivity index (χ0v) is 24.1. The SMILES string of the molecule is C=C(CN1Cc2cccc(C3CCc4c(sc(NC(=O)c5ccccc5F)c4C#N)C3)c2C1)S(=O)C(C)(C)C. The Balaban J connectivity index is 1.34. The molecule has 0 saturated carbocycles. The predicted molar refractivity (Wildman–Crippen MR) is 156 cm³/mol. The number of rotatable bonds is 6. The molecule has 0 spiro atoms. The molecule has 2 aromatic carbocycles. The van der Waals surface area contributed by atoms with E-state index in [1.165, 1.54) is 40.2 Å². The molecule has 8 heteroatoms. The number of anilines is 1. The van der Waals surface area contributed by atoms with E-state index in [1.807, 2.05) is 20.8 Å². The molecule has 5 nitrogen and oxygen atoms in total. The van der Waals surface area contributed by atoms with Crippen molar-refractivity contribution in [2.45, 2.75) is 63.8 Å². The van der Waals surface area contributed by atoms with Crippen molar-refractivity contribution in [3.63, 3.8) is 0 Å². The van der Waals surface area contributed by atoms with E-state index in [1.54, 1.807) is 12.1 Å². The van der Waals surface area contributed by atoms with Crippen LogP contribution in [-0.2, 0) is 36.7 Å². The van der Waals surface area contributed by atoms with Crippen LogP contribution < -0.4 is 5.32 Å². The third kappa shape index (κ3) is 5.49. The van der Waals surface area contributed by atoms with Crippen LogP contribution in [0.15, 0.2) is 53.9 Å². The first-order chi connectivity index (χ1) is 18.6. The second-order valence-corrected chi connectivity index (χ2v) is 14.7. The van der Waals surface area contributed by atoms with Crippen LogP contribution in [0.3, 0.4) is 0 Å². The van der Waals surface area contributed by atoms with Crippen LogP contribution in [-0.4, -0.2) is 26.3 Å². The number of amides is 1. The first kappa shape index (κ1) is 27.4. The molecule has 0 radical (unpaired) electrons. The van der Waals surface area contributed by atoms with Crippen LogP contribution in [0.5, 0.6) is 0 Å². The van der Waals surface area contributed by atoms with Gasteiger partial charge in [-0.1, -0.05) is 36.9 Å². The van der Waals surface area contributed by atoms with Gasteiger partial charge in [0.15, 0.2) is 0 Å². The van der Waals surface area contributed by atoms with Crippen LogP contribution in [0.1, 0.15) is 76.2 Å². The van der Waals surface area contributed by atoms with Crippen molar-refractivity contribution >= 4 is 33.0 Å². The minimum absolute atomic E-state index is 0.0379. The number of hydrogen-bond donors (Lipinski definition) is 1.